The summed E-state index contributed by atoms with van der Waals surface area (Å²) in [5.41, 5.74) is 5.33. The number of phosphoric acid groups is 1. The molecule has 0 radical (unpaired) electrons. The molecular weight excluding hydrogens is 797 g/mol. The summed E-state index contributed by atoms with van der Waals surface area (Å²) in [7, 11) is -4.80. The van der Waals surface area contributed by atoms with Gasteiger partial charge in [0.1, 0.15) is 12.6 Å². The average Bonchev–Trinajstić information content (AvgIpc) is 3.20. The molecule has 16 heteroatoms. The van der Waals surface area contributed by atoms with Crippen molar-refractivity contribution in [3.8, 4) is 0 Å². The van der Waals surface area contributed by atoms with Crippen molar-refractivity contribution < 1.29 is 67.5 Å². The first-order chi connectivity index (χ1) is 28.8. The maximum atomic E-state index is 12.8. The number of carboxylic acid groups (broad SMARTS) is 1. The number of carbonyl (C=O) groups excluding carboxylic acids is 2. The Hall–Kier alpha value is -2.46. The third kappa shape index (κ3) is 29.7. The Morgan fingerprint density at radius 1 is 0.767 bits per heavy atom. The molecule has 0 aromatic carbocycles. The Morgan fingerprint density at radius 3 is 2.00 bits per heavy atom. The van der Waals surface area contributed by atoms with E-state index in [1.54, 1.807) is 12.2 Å². The number of hydrogen-bond acceptors (Lipinski definition) is 13. The Bertz CT molecular complexity index is 1280. The summed E-state index contributed by atoms with van der Waals surface area (Å²) in [6.07, 6.45) is 26.8. The quantitative estimate of drug-likeness (QED) is 0.0151. The lowest BCUT2D eigenvalue weighted by atomic mass is 9.87. The number of carbonyl (C=O) groups is 3. The van der Waals surface area contributed by atoms with Crippen LogP contribution in [-0.2, 0) is 42.2 Å². The number of phosphoric ester groups is 1. The molecule has 348 valence electrons. The molecule has 0 aromatic heterocycles. The van der Waals surface area contributed by atoms with E-state index >= 15 is 0 Å². The van der Waals surface area contributed by atoms with E-state index in [-0.39, 0.29) is 25.2 Å². The van der Waals surface area contributed by atoms with E-state index in [1.807, 2.05) is 12.2 Å². The lowest BCUT2D eigenvalue weighted by Gasteiger charge is -2.36. The van der Waals surface area contributed by atoms with Gasteiger partial charge in [-0.05, 0) is 57.8 Å². The van der Waals surface area contributed by atoms with Crippen LogP contribution < -0.4 is 5.73 Å². The molecule has 1 saturated heterocycles. The molecule has 8 unspecified atom stereocenters. The number of ether oxygens (including phenoxy) is 3. The second-order valence-corrected chi connectivity index (χ2v) is 17.2. The van der Waals surface area contributed by atoms with E-state index in [2.05, 4.69) is 30.5 Å². The predicted molar refractivity (Wildman–Crippen MR) is 230 cm³/mol. The van der Waals surface area contributed by atoms with Gasteiger partial charge in [0.15, 0.2) is 12.4 Å². The third-order valence-electron chi connectivity index (χ3n) is 10.2. The van der Waals surface area contributed by atoms with Gasteiger partial charge in [-0.15, -0.1) is 0 Å². The Kier molecular flexibility index (Phi) is 32.5. The minimum Gasteiger partial charge on any atom is -0.480 e. The van der Waals surface area contributed by atoms with Crippen molar-refractivity contribution in [2.24, 2.45) is 11.7 Å². The van der Waals surface area contributed by atoms with E-state index < -0.39 is 82.3 Å². The lowest BCUT2D eigenvalue weighted by Crippen LogP contribution is -2.43. The van der Waals surface area contributed by atoms with E-state index in [9.17, 15) is 39.2 Å². The van der Waals surface area contributed by atoms with Crippen LogP contribution in [0.4, 0.5) is 0 Å². The van der Waals surface area contributed by atoms with Crippen molar-refractivity contribution in [3.05, 3.63) is 36.5 Å². The maximum absolute atomic E-state index is 12.8. The second kappa shape index (κ2) is 35.1. The van der Waals surface area contributed by atoms with Crippen molar-refractivity contribution in [1.29, 1.82) is 0 Å². The average molecular weight is 876 g/mol. The van der Waals surface area contributed by atoms with Crippen LogP contribution in [-0.4, -0.2) is 99.8 Å². The maximum Gasteiger partial charge on any atom is 0.472 e. The molecular formula is C44H78NO14P. The van der Waals surface area contributed by atoms with Gasteiger partial charge in [-0.25, -0.2) is 4.57 Å². The SMILES string of the molecule is CCCCCCCC/C=C\CCCCCCCC(=O)OCC(COP(=O)(O)OCC(N)C(=O)O)OC(=O)CCC/C=C\CC1C(O)CC(O)OC1/C=C/C(O)CCCCC. The molecule has 60 heavy (non-hydrogen) atoms. The zero-order valence-corrected chi connectivity index (χ0v) is 37.2. The van der Waals surface area contributed by atoms with Crippen LogP contribution in [0, 0.1) is 5.92 Å². The van der Waals surface area contributed by atoms with Crippen molar-refractivity contribution in [1.82, 2.24) is 0 Å². The van der Waals surface area contributed by atoms with Crippen LogP contribution >= 0.6 is 7.82 Å². The van der Waals surface area contributed by atoms with Crippen LogP contribution in [0.2, 0.25) is 0 Å². The highest BCUT2D eigenvalue weighted by atomic mass is 31.2. The first-order valence-corrected chi connectivity index (χ1v) is 23.9. The minimum absolute atomic E-state index is 0.0346. The summed E-state index contributed by atoms with van der Waals surface area (Å²) in [6, 6.07) is -1.57. The molecule has 0 amide bonds. The van der Waals surface area contributed by atoms with Gasteiger partial charge < -0.3 is 45.3 Å². The van der Waals surface area contributed by atoms with E-state index in [4.69, 9.17) is 29.6 Å². The van der Waals surface area contributed by atoms with Crippen molar-refractivity contribution >= 4 is 25.7 Å². The highest BCUT2D eigenvalue weighted by molar-refractivity contribution is 7.47. The van der Waals surface area contributed by atoms with Gasteiger partial charge in [0.25, 0.3) is 0 Å². The first kappa shape index (κ1) is 55.6. The normalized spacial score (nSPS) is 21.0. The van der Waals surface area contributed by atoms with Gasteiger partial charge in [0, 0.05) is 25.2 Å². The molecule has 15 nitrogen and oxygen atoms in total. The number of aliphatic hydroxyl groups excluding tert-OH is 3. The summed E-state index contributed by atoms with van der Waals surface area (Å²) in [5, 5.41) is 39.9. The molecule has 1 aliphatic rings. The van der Waals surface area contributed by atoms with Gasteiger partial charge in [0.2, 0.25) is 0 Å². The van der Waals surface area contributed by atoms with Crippen molar-refractivity contribution in [2.75, 3.05) is 19.8 Å². The largest absolute Gasteiger partial charge is 0.480 e. The molecule has 0 aromatic rings. The summed E-state index contributed by atoms with van der Waals surface area (Å²) >= 11 is 0. The molecule has 1 aliphatic heterocycles. The second-order valence-electron chi connectivity index (χ2n) is 15.7. The Labute approximate surface area is 358 Å². The number of allylic oxidation sites excluding steroid dienone is 4. The molecule has 0 spiro atoms. The molecule has 0 aliphatic carbocycles. The Balaban J connectivity index is 2.55. The number of unbranched alkanes of at least 4 members (excludes halogenated alkanes) is 14. The number of carboxylic acids is 1. The van der Waals surface area contributed by atoms with E-state index in [0.29, 0.717) is 32.1 Å². The topological polar surface area (TPSA) is 242 Å². The highest BCUT2D eigenvalue weighted by Gasteiger charge is 2.35. The van der Waals surface area contributed by atoms with Gasteiger partial charge >= 0.3 is 25.7 Å². The minimum atomic E-state index is -4.80. The number of hydrogen-bond donors (Lipinski definition) is 6. The predicted octanol–water partition coefficient (Wildman–Crippen LogP) is 7.72. The summed E-state index contributed by atoms with van der Waals surface area (Å²) in [6.45, 7) is 2.40. The summed E-state index contributed by atoms with van der Waals surface area (Å²) < 4.78 is 38.3. The number of nitrogens with two attached hydrogens (primary N) is 1. The zero-order chi connectivity index (χ0) is 44.4. The molecule has 8 atom stereocenters. The number of esters is 2. The lowest BCUT2D eigenvalue weighted by molar-refractivity contribution is -0.199. The molecule has 1 fully saturated rings. The van der Waals surface area contributed by atoms with Gasteiger partial charge in [-0.1, -0.05) is 121 Å². The summed E-state index contributed by atoms with van der Waals surface area (Å²) in [4.78, 5) is 46.2. The fourth-order valence-electron chi connectivity index (χ4n) is 6.51. The third-order valence-corrected chi connectivity index (χ3v) is 11.1. The van der Waals surface area contributed by atoms with E-state index in [0.717, 1.165) is 57.8 Å². The van der Waals surface area contributed by atoms with Crippen LogP contribution in [0.5, 0.6) is 0 Å². The van der Waals surface area contributed by atoms with Crippen LogP contribution in [0.1, 0.15) is 162 Å². The van der Waals surface area contributed by atoms with Crippen molar-refractivity contribution in [2.45, 2.75) is 198 Å². The van der Waals surface area contributed by atoms with Gasteiger partial charge in [-0.2, -0.15) is 0 Å². The molecule has 7 N–H and O–H groups in total. The van der Waals surface area contributed by atoms with Gasteiger partial charge in [0.05, 0.1) is 31.5 Å². The monoisotopic (exact) mass is 876 g/mol. The molecule has 1 rings (SSSR count). The number of aliphatic carboxylic acids is 1. The first-order valence-electron chi connectivity index (χ1n) is 22.4. The fraction of sp³-hybridized carbons (Fsp3) is 0.795. The van der Waals surface area contributed by atoms with E-state index in [1.165, 1.54) is 38.5 Å². The molecule has 0 saturated carbocycles. The number of rotatable bonds is 37. The number of aliphatic hydroxyl groups is 3. The highest BCUT2D eigenvalue weighted by Crippen LogP contribution is 2.43. The Morgan fingerprint density at radius 2 is 1.33 bits per heavy atom. The van der Waals surface area contributed by atoms with Crippen LogP contribution in [0.3, 0.4) is 0 Å². The smallest absolute Gasteiger partial charge is 0.472 e. The van der Waals surface area contributed by atoms with Crippen molar-refractivity contribution in [3.63, 3.8) is 0 Å². The van der Waals surface area contributed by atoms with Crippen LogP contribution in [0.25, 0.3) is 0 Å². The zero-order valence-electron chi connectivity index (χ0n) is 36.3. The van der Waals surface area contributed by atoms with Crippen LogP contribution in [0.15, 0.2) is 36.5 Å². The standard InChI is InChI=1S/C44H78NO14P/c1-3-5-7-8-9-10-11-12-13-14-15-16-17-18-23-27-41(48)55-32-36(33-56-60(53,54)57-34-38(45)44(51)52)58-42(49)28-24-20-19-22-26-37-39(47)31-43(50)59-40(37)30-29-35(46)25-21-6-4-2/h12-13,19,22,29-30,35-40,43,46-47,50H,3-11,14-18,20-21,23-28,31-34,45H2,1-2H3,(H,51,52)(H,53,54)/b13-12-,22-19-,30-29+. The molecule has 0 bridgehead atoms. The van der Waals surface area contributed by atoms with Gasteiger partial charge in [-0.3, -0.25) is 23.4 Å². The molecule has 1 heterocycles. The summed E-state index contributed by atoms with van der Waals surface area (Å²) in [5.74, 6) is -2.97. The fourth-order valence-corrected chi connectivity index (χ4v) is 7.29.